The molecule has 0 saturated heterocycles. The SMILES string of the molecule is CCCc1ccc(OCc2occc2CNC(C)C)cc1. The van der Waals surface area contributed by atoms with Gasteiger partial charge in [-0.05, 0) is 30.2 Å². The van der Waals surface area contributed by atoms with Crippen molar-refractivity contribution in [1.29, 1.82) is 0 Å². The quantitative estimate of drug-likeness (QED) is 0.785. The van der Waals surface area contributed by atoms with E-state index in [0.29, 0.717) is 12.6 Å². The summed E-state index contributed by atoms with van der Waals surface area (Å²) in [6.45, 7) is 7.73. The summed E-state index contributed by atoms with van der Waals surface area (Å²) in [4.78, 5) is 0. The summed E-state index contributed by atoms with van der Waals surface area (Å²) >= 11 is 0. The van der Waals surface area contributed by atoms with Crippen LogP contribution in [0.4, 0.5) is 0 Å². The summed E-state index contributed by atoms with van der Waals surface area (Å²) in [5, 5.41) is 3.39. The van der Waals surface area contributed by atoms with E-state index >= 15 is 0 Å². The zero-order valence-corrected chi connectivity index (χ0v) is 13.2. The molecule has 0 bridgehead atoms. The minimum atomic E-state index is 0.458. The van der Waals surface area contributed by atoms with Crippen molar-refractivity contribution in [3.05, 3.63) is 53.5 Å². The van der Waals surface area contributed by atoms with Gasteiger partial charge in [0.25, 0.3) is 0 Å². The van der Waals surface area contributed by atoms with E-state index in [2.05, 4.69) is 38.2 Å². The zero-order valence-electron chi connectivity index (χ0n) is 13.2. The van der Waals surface area contributed by atoms with Crippen molar-refractivity contribution < 1.29 is 9.15 Å². The minimum absolute atomic E-state index is 0.458. The first-order chi connectivity index (χ1) is 10.2. The van der Waals surface area contributed by atoms with Crippen LogP contribution in [0.3, 0.4) is 0 Å². The Balaban J connectivity index is 1.89. The van der Waals surface area contributed by atoms with Crippen LogP contribution in [0.1, 0.15) is 44.1 Å². The number of nitrogens with one attached hydrogen (secondary N) is 1. The van der Waals surface area contributed by atoms with Crippen LogP contribution in [-0.4, -0.2) is 6.04 Å². The number of ether oxygens (including phenoxy) is 1. The third-order valence-electron chi connectivity index (χ3n) is 3.37. The highest BCUT2D eigenvalue weighted by Gasteiger charge is 2.07. The van der Waals surface area contributed by atoms with E-state index in [0.717, 1.165) is 30.0 Å². The van der Waals surface area contributed by atoms with Crippen LogP contribution in [0.25, 0.3) is 0 Å². The Kier molecular flexibility index (Phi) is 5.88. The maximum atomic E-state index is 5.81. The molecule has 2 rings (SSSR count). The zero-order chi connectivity index (χ0) is 15.1. The highest BCUT2D eigenvalue weighted by Crippen LogP contribution is 2.17. The molecule has 0 radical (unpaired) electrons. The molecule has 0 fully saturated rings. The molecule has 0 aliphatic heterocycles. The summed E-state index contributed by atoms with van der Waals surface area (Å²) in [5.74, 6) is 1.77. The standard InChI is InChI=1S/C18H25NO2/c1-4-5-15-6-8-17(9-7-15)21-13-18-16(10-11-20-18)12-19-14(2)3/h6-11,14,19H,4-5,12-13H2,1-3H3. The van der Waals surface area contributed by atoms with Gasteiger partial charge in [0.15, 0.2) is 0 Å². The van der Waals surface area contributed by atoms with Crippen molar-refractivity contribution in [3.8, 4) is 5.75 Å². The second kappa shape index (κ2) is 7.89. The Labute approximate surface area is 127 Å². The maximum absolute atomic E-state index is 5.81. The highest BCUT2D eigenvalue weighted by molar-refractivity contribution is 5.27. The van der Waals surface area contributed by atoms with Crippen LogP contribution < -0.4 is 10.1 Å². The van der Waals surface area contributed by atoms with Gasteiger partial charge in [-0.2, -0.15) is 0 Å². The number of hydrogen-bond acceptors (Lipinski definition) is 3. The number of hydrogen-bond donors (Lipinski definition) is 1. The first-order valence-electron chi connectivity index (χ1n) is 7.69. The van der Waals surface area contributed by atoms with Crippen LogP contribution in [0, 0.1) is 0 Å². The van der Waals surface area contributed by atoms with Gasteiger partial charge >= 0.3 is 0 Å². The van der Waals surface area contributed by atoms with Crippen LogP contribution in [0.2, 0.25) is 0 Å². The number of benzene rings is 1. The summed E-state index contributed by atoms with van der Waals surface area (Å²) in [6, 6.07) is 10.8. The lowest BCUT2D eigenvalue weighted by Gasteiger charge is -2.09. The lowest BCUT2D eigenvalue weighted by molar-refractivity contribution is 0.268. The van der Waals surface area contributed by atoms with E-state index in [4.69, 9.17) is 9.15 Å². The van der Waals surface area contributed by atoms with Crippen LogP contribution >= 0.6 is 0 Å². The molecule has 0 atom stereocenters. The average Bonchev–Trinajstić information content (AvgIpc) is 2.92. The first-order valence-corrected chi connectivity index (χ1v) is 7.69. The van der Waals surface area contributed by atoms with Crippen molar-refractivity contribution in [1.82, 2.24) is 5.32 Å². The fourth-order valence-corrected chi connectivity index (χ4v) is 2.16. The van der Waals surface area contributed by atoms with Gasteiger partial charge in [0.05, 0.1) is 6.26 Å². The molecule has 1 heterocycles. The lowest BCUT2D eigenvalue weighted by atomic mass is 10.1. The number of furan rings is 1. The number of aryl methyl sites for hydroxylation is 1. The van der Waals surface area contributed by atoms with Gasteiger partial charge in [-0.1, -0.05) is 39.3 Å². The van der Waals surface area contributed by atoms with Crippen LogP contribution in [0.15, 0.2) is 41.0 Å². The molecule has 0 amide bonds. The molecule has 0 unspecified atom stereocenters. The van der Waals surface area contributed by atoms with E-state index in [1.54, 1.807) is 6.26 Å². The fraction of sp³-hybridized carbons (Fsp3) is 0.444. The largest absolute Gasteiger partial charge is 0.486 e. The Morgan fingerprint density at radius 2 is 1.90 bits per heavy atom. The summed E-state index contributed by atoms with van der Waals surface area (Å²) in [5.41, 5.74) is 2.51. The van der Waals surface area contributed by atoms with E-state index in [-0.39, 0.29) is 0 Å². The van der Waals surface area contributed by atoms with Crippen molar-refractivity contribution in [2.45, 2.75) is 52.8 Å². The third kappa shape index (κ3) is 4.94. The highest BCUT2D eigenvalue weighted by atomic mass is 16.5. The van der Waals surface area contributed by atoms with Gasteiger partial charge in [-0.15, -0.1) is 0 Å². The smallest absolute Gasteiger partial charge is 0.146 e. The van der Waals surface area contributed by atoms with E-state index in [1.165, 1.54) is 12.0 Å². The Morgan fingerprint density at radius 3 is 2.57 bits per heavy atom. The lowest BCUT2D eigenvalue weighted by Crippen LogP contribution is -2.22. The summed E-state index contributed by atoms with van der Waals surface area (Å²) < 4.78 is 11.3. The van der Waals surface area contributed by atoms with Crippen molar-refractivity contribution in [3.63, 3.8) is 0 Å². The predicted octanol–water partition coefficient (Wildman–Crippen LogP) is 4.31. The average molecular weight is 287 g/mol. The van der Waals surface area contributed by atoms with Gasteiger partial charge in [0.2, 0.25) is 0 Å². The molecular formula is C18H25NO2. The second-order valence-corrected chi connectivity index (χ2v) is 5.59. The Morgan fingerprint density at radius 1 is 1.14 bits per heavy atom. The normalized spacial score (nSPS) is 11.0. The molecule has 0 saturated carbocycles. The molecule has 1 aromatic heterocycles. The Hall–Kier alpha value is -1.74. The maximum Gasteiger partial charge on any atom is 0.146 e. The van der Waals surface area contributed by atoms with Gasteiger partial charge in [0.1, 0.15) is 18.1 Å². The molecular weight excluding hydrogens is 262 g/mol. The minimum Gasteiger partial charge on any atom is -0.486 e. The monoisotopic (exact) mass is 287 g/mol. The third-order valence-corrected chi connectivity index (χ3v) is 3.37. The van der Waals surface area contributed by atoms with E-state index in [9.17, 15) is 0 Å². The van der Waals surface area contributed by atoms with Gasteiger partial charge in [-0.3, -0.25) is 0 Å². The molecule has 1 aromatic carbocycles. The van der Waals surface area contributed by atoms with Crippen LogP contribution in [0.5, 0.6) is 5.75 Å². The second-order valence-electron chi connectivity index (χ2n) is 5.59. The molecule has 114 valence electrons. The molecule has 0 aliphatic rings. The van der Waals surface area contributed by atoms with E-state index < -0.39 is 0 Å². The predicted molar refractivity (Wildman–Crippen MR) is 85.5 cm³/mol. The molecule has 2 aromatic rings. The van der Waals surface area contributed by atoms with Crippen molar-refractivity contribution in [2.24, 2.45) is 0 Å². The molecule has 21 heavy (non-hydrogen) atoms. The van der Waals surface area contributed by atoms with E-state index in [1.807, 2.05) is 18.2 Å². The molecule has 0 aliphatic carbocycles. The fourth-order valence-electron chi connectivity index (χ4n) is 2.16. The van der Waals surface area contributed by atoms with Crippen molar-refractivity contribution in [2.75, 3.05) is 0 Å². The molecule has 3 nitrogen and oxygen atoms in total. The number of rotatable bonds is 8. The summed E-state index contributed by atoms with van der Waals surface area (Å²) in [6.07, 6.45) is 4.00. The topological polar surface area (TPSA) is 34.4 Å². The molecule has 1 N–H and O–H groups in total. The molecule has 0 spiro atoms. The van der Waals surface area contributed by atoms with Gasteiger partial charge < -0.3 is 14.5 Å². The van der Waals surface area contributed by atoms with Crippen LogP contribution in [-0.2, 0) is 19.6 Å². The first kappa shape index (κ1) is 15.6. The van der Waals surface area contributed by atoms with Gasteiger partial charge in [-0.25, -0.2) is 0 Å². The molecule has 3 heteroatoms. The summed E-state index contributed by atoms with van der Waals surface area (Å²) in [7, 11) is 0. The Bertz CT molecular complexity index is 528. The van der Waals surface area contributed by atoms with Gasteiger partial charge in [0, 0.05) is 18.2 Å². The van der Waals surface area contributed by atoms with Crippen molar-refractivity contribution >= 4 is 0 Å².